The fourth-order valence-electron chi connectivity index (χ4n) is 3.89. The number of halogens is 1. The quantitative estimate of drug-likeness (QED) is 0.775. The van der Waals surface area contributed by atoms with Gasteiger partial charge in [-0.05, 0) is 31.1 Å². The zero-order valence-corrected chi connectivity index (χ0v) is 15.3. The Hall–Kier alpha value is -1.21. The van der Waals surface area contributed by atoms with Crippen LogP contribution >= 0.6 is 11.6 Å². The maximum atomic E-state index is 11.9. The first-order valence-electron chi connectivity index (χ1n) is 8.37. The van der Waals surface area contributed by atoms with Gasteiger partial charge in [0.2, 0.25) is 11.9 Å². The van der Waals surface area contributed by atoms with Crippen LogP contribution in [-0.4, -0.2) is 32.4 Å². The van der Waals surface area contributed by atoms with Gasteiger partial charge in [0, 0.05) is 18.2 Å². The summed E-state index contributed by atoms with van der Waals surface area (Å²) < 4.78 is 11.7. The van der Waals surface area contributed by atoms with Gasteiger partial charge in [0.1, 0.15) is 0 Å². The number of rotatable bonds is 5. The second kappa shape index (κ2) is 7.35. The van der Waals surface area contributed by atoms with Gasteiger partial charge in [0.15, 0.2) is 5.03 Å². The molecule has 0 aliphatic heterocycles. The minimum Gasteiger partial charge on any atom is -0.369 e. The molecule has 6 nitrogen and oxygen atoms in total. The van der Waals surface area contributed by atoms with E-state index in [1.54, 1.807) is 0 Å². The van der Waals surface area contributed by atoms with Crippen LogP contribution in [0.5, 0.6) is 0 Å². The number of nitrogens with one attached hydrogen (secondary N) is 1. The number of hydrogen-bond donors (Lipinski definition) is 2. The predicted molar refractivity (Wildman–Crippen MR) is 94.2 cm³/mol. The summed E-state index contributed by atoms with van der Waals surface area (Å²) in [5, 5.41) is 3.88. The van der Waals surface area contributed by atoms with E-state index in [1.807, 2.05) is 0 Å². The van der Waals surface area contributed by atoms with Gasteiger partial charge in [-0.25, -0.2) is 9.97 Å². The van der Waals surface area contributed by atoms with Crippen LogP contribution in [0.2, 0.25) is 5.02 Å². The molecule has 1 heterocycles. The molecule has 3 N–H and O–H groups in total. The van der Waals surface area contributed by atoms with E-state index in [2.05, 4.69) is 15.3 Å². The third-order valence-electron chi connectivity index (χ3n) is 5.34. The molecule has 1 aromatic heterocycles. The molecule has 4 atom stereocenters. The second-order valence-corrected chi connectivity index (χ2v) is 8.52. The summed E-state index contributed by atoms with van der Waals surface area (Å²) in [4.78, 5) is 20.3. The number of nitrogens with zero attached hydrogens (tertiary/aromatic N) is 2. The van der Waals surface area contributed by atoms with Crippen molar-refractivity contribution in [2.24, 2.45) is 23.5 Å². The van der Waals surface area contributed by atoms with E-state index in [0.29, 0.717) is 34.3 Å². The Morgan fingerprint density at radius 2 is 2.12 bits per heavy atom. The Balaban J connectivity index is 1.69. The third kappa shape index (κ3) is 3.72. The molecule has 1 amide bonds. The number of amides is 1. The maximum Gasteiger partial charge on any atom is 0.224 e. The van der Waals surface area contributed by atoms with Crippen LogP contribution in [0.1, 0.15) is 38.5 Å². The molecule has 132 valence electrons. The zero-order valence-electron chi connectivity index (χ0n) is 13.7. The lowest BCUT2D eigenvalue weighted by Gasteiger charge is -2.42. The molecular formula is C16H23ClN4O2S. The molecule has 2 aliphatic rings. The maximum absolute atomic E-state index is 11.9. The van der Waals surface area contributed by atoms with E-state index in [1.165, 1.54) is 31.7 Å². The number of hydrogen-bond acceptors (Lipinski definition) is 5. The molecule has 2 aliphatic carbocycles. The van der Waals surface area contributed by atoms with Crippen molar-refractivity contribution in [2.45, 2.75) is 49.6 Å². The highest BCUT2D eigenvalue weighted by atomic mass is 35.5. The largest absolute Gasteiger partial charge is 0.369 e. The van der Waals surface area contributed by atoms with Crippen LogP contribution in [0.4, 0.5) is 5.95 Å². The summed E-state index contributed by atoms with van der Waals surface area (Å²) >= 11 is 5.97. The van der Waals surface area contributed by atoms with Crippen LogP contribution in [0.3, 0.4) is 0 Å². The van der Waals surface area contributed by atoms with Gasteiger partial charge >= 0.3 is 0 Å². The molecule has 0 aromatic carbocycles. The topological polar surface area (TPSA) is 98.0 Å². The van der Waals surface area contributed by atoms with Gasteiger partial charge in [-0.2, -0.15) is 0 Å². The van der Waals surface area contributed by atoms with Crippen LogP contribution in [0.15, 0.2) is 11.2 Å². The van der Waals surface area contributed by atoms with Crippen LogP contribution in [0, 0.1) is 17.8 Å². The summed E-state index contributed by atoms with van der Waals surface area (Å²) in [6.45, 7) is 0. The van der Waals surface area contributed by atoms with Crippen LogP contribution < -0.4 is 11.1 Å². The lowest BCUT2D eigenvalue weighted by Crippen LogP contribution is -2.43. The highest BCUT2D eigenvalue weighted by Crippen LogP contribution is 2.44. The number of primary amides is 1. The van der Waals surface area contributed by atoms with E-state index in [4.69, 9.17) is 17.3 Å². The third-order valence-corrected chi connectivity index (χ3v) is 6.59. The Labute approximate surface area is 149 Å². The summed E-state index contributed by atoms with van der Waals surface area (Å²) in [5.41, 5.74) is 5.66. The first-order valence-corrected chi connectivity index (χ1v) is 10.3. The molecule has 24 heavy (non-hydrogen) atoms. The van der Waals surface area contributed by atoms with Gasteiger partial charge < -0.3 is 11.1 Å². The monoisotopic (exact) mass is 370 g/mol. The first-order chi connectivity index (χ1) is 11.5. The lowest BCUT2D eigenvalue weighted by molar-refractivity contribution is -0.126. The predicted octanol–water partition coefficient (Wildman–Crippen LogP) is 2.35. The Morgan fingerprint density at radius 1 is 1.38 bits per heavy atom. The number of anilines is 1. The van der Waals surface area contributed by atoms with Crippen molar-refractivity contribution in [3.8, 4) is 0 Å². The molecule has 1 aromatic rings. The number of carbonyl (C=O) groups is 1. The van der Waals surface area contributed by atoms with E-state index < -0.39 is 10.8 Å². The van der Waals surface area contributed by atoms with Crippen molar-refractivity contribution in [3.63, 3.8) is 0 Å². The molecule has 8 heteroatoms. The molecule has 2 saturated carbocycles. The molecule has 4 unspecified atom stereocenters. The van der Waals surface area contributed by atoms with Crippen molar-refractivity contribution in [3.05, 3.63) is 11.2 Å². The minimum atomic E-state index is -1.27. The van der Waals surface area contributed by atoms with Gasteiger partial charge in [-0.15, -0.1) is 0 Å². The Bertz CT molecular complexity index is 653. The molecule has 0 radical (unpaired) electrons. The fourth-order valence-corrected chi connectivity index (χ4v) is 4.85. The van der Waals surface area contributed by atoms with Gasteiger partial charge in [-0.3, -0.25) is 9.00 Å². The SMILES string of the molecule is CS(=O)c1nc(NC2CCC(C3CCC3)C(C(N)=O)C2)ncc1Cl. The first kappa shape index (κ1) is 17.6. The molecule has 0 saturated heterocycles. The van der Waals surface area contributed by atoms with Gasteiger partial charge in [0.05, 0.1) is 22.0 Å². The summed E-state index contributed by atoms with van der Waals surface area (Å²) in [7, 11) is -1.27. The Kier molecular flexibility index (Phi) is 5.39. The van der Waals surface area contributed by atoms with Crippen molar-refractivity contribution >= 4 is 34.3 Å². The minimum absolute atomic E-state index is 0.0892. The van der Waals surface area contributed by atoms with Crippen molar-refractivity contribution in [2.75, 3.05) is 11.6 Å². The average Bonchev–Trinajstić information content (AvgIpc) is 2.48. The van der Waals surface area contributed by atoms with E-state index in [0.717, 1.165) is 12.8 Å². The molecule has 3 rings (SSSR count). The van der Waals surface area contributed by atoms with Gasteiger partial charge in [0.25, 0.3) is 0 Å². The van der Waals surface area contributed by atoms with E-state index >= 15 is 0 Å². The summed E-state index contributed by atoms with van der Waals surface area (Å²) in [6.07, 6.45) is 9.36. The Morgan fingerprint density at radius 3 is 2.71 bits per heavy atom. The smallest absolute Gasteiger partial charge is 0.224 e. The van der Waals surface area contributed by atoms with Crippen molar-refractivity contribution in [1.82, 2.24) is 9.97 Å². The normalized spacial score (nSPS) is 28.8. The second-order valence-electron chi connectivity index (χ2n) is 6.82. The number of nitrogens with two attached hydrogens (primary N) is 1. The molecule has 2 fully saturated rings. The fraction of sp³-hybridized carbons (Fsp3) is 0.688. The molecule has 0 bridgehead atoms. The van der Waals surface area contributed by atoms with Crippen LogP contribution in [-0.2, 0) is 15.6 Å². The molecular weight excluding hydrogens is 348 g/mol. The summed E-state index contributed by atoms with van der Waals surface area (Å²) in [5.74, 6) is 1.18. The van der Waals surface area contributed by atoms with Gasteiger partial charge in [-0.1, -0.05) is 30.9 Å². The van der Waals surface area contributed by atoms with E-state index in [-0.39, 0.29) is 17.9 Å². The average molecular weight is 371 g/mol. The standard InChI is InChI=1S/C16H23ClN4O2S/c1-24(23)15-13(17)8-19-16(21-15)20-10-5-6-11(9-3-2-4-9)12(7-10)14(18)22/h8-12H,2-7H2,1H3,(H2,18,22)(H,19,20,21). The highest BCUT2D eigenvalue weighted by molar-refractivity contribution is 7.84. The zero-order chi connectivity index (χ0) is 17.3. The summed E-state index contributed by atoms with van der Waals surface area (Å²) in [6, 6.07) is 0.0955. The van der Waals surface area contributed by atoms with Crippen molar-refractivity contribution in [1.29, 1.82) is 0 Å². The lowest BCUT2D eigenvalue weighted by atomic mass is 9.64. The van der Waals surface area contributed by atoms with Crippen LogP contribution in [0.25, 0.3) is 0 Å². The van der Waals surface area contributed by atoms with Crippen molar-refractivity contribution < 1.29 is 9.00 Å². The van der Waals surface area contributed by atoms with E-state index in [9.17, 15) is 9.00 Å². The molecule has 0 spiro atoms. The highest BCUT2D eigenvalue weighted by Gasteiger charge is 2.40. The number of aromatic nitrogens is 2. The number of carbonyl (C=O) groups excluding carboxylic acids is 1.